The number of alkyl halides is 2. The smallest absolute Gasteiger partial charge is 0.261 e. The number of hydrogen-bond acceptors (Lipinski definition) is 4. The number of carbonyl (C=O) groups excluding carboxylic acids is 1. The summed E-state index contributed by atoms with van der Waals surface area (Å²) in [7, 11) is 0. The molecule has 0 aliphatic heterocycles. The number of nitrogens with two attached hydrogens (primary N) is 1. The average Bonchev–Trinajstić information content (AvgIpc) is 3.08. The van der Waals surface area contributed by atoms with Crippen LogP contribution in [0.1, 0.15) is 12.8 Å². The molecule has 4 N–H and O–H groups in total. The van der Waals surface area contributed by atoms with Gasteiger partial charge in [-0.25, -0.2) is 8.78 Å². The maximum Gasteiger partial charge on any atom is 0.261 e. The lowest BCUT2D eigenvalue weighted by molar-refractivity contribution is -0.124. The second kappa shape index (κ2) is 5.76. The molecule has 0 radical (unpaired) electrons. The van der Waals surface area contributed by atoms with Crippen LogP contribution in [-0.2, 0) is 9.53 Å². The van der Waals surface area contributed by atoms with Crippen molar-refractivity contribution in [2.45, 2.75) is 19.3 Å². The first-order valence-corrected chi connectivity index (χ1v) is 5.15. The SMILES string of the molecule is NC(=NO)C1(C(=O)NCCOCC(F)F)CC1. The maximum absolute atomic E-state index is 11.7. The number of halogens is 2. The molecule has 1 rings (SSSR count). The van der Waals surface area contributed by atoms with E-state index in [0.29, 0.717) is 12.8 Å². The third-order valence-corrected chi connectivity index (χ3v) is 2.56. The van der Waals surface area contributed by atoms with Crippen LogP contribution in [0.5, 0.6) is 0 Å². The number of nitrogens with zero attached hydrogens (tertiary/aromatic N) is 1. The molecule has 1 aliphatic carbocycles. The lowest BCUT2D eigenvalue weighted by Gasteiger charge is -2.13. The topological polar surface area (TPSA) is 96.9 Å². The molecule has 0 aromatic carbocycles. The van der Waals surface area contributed by atoms with Crippen LogP contribution in [0.25, 0.3) is 0 Å². The van der Waals surface area contributed by atoms with Crippen molar-refractivity contribution in [1.29, 1.82) is 0 Å². The van der Waals surface area contributed by atoms with Crippen molar-refractivity contribution in [3.05, 3.63) is 0 Å². The van der Waals surface area contributed by atoms with Crippen molar-refractivity contribution in [2.24, 2.45) is 16.3 Å². The molecule has 0 saturated heterocycles. The summed E-state index contributed by atoms with van der Waals surface area (Å²) in [5.74, 6) is -0.489. The number of oxime groups is 1. The molecule has 0 bridgehead atoms. The highest BCUT2D eigenvalue weighted by atomic mass is 19.3. The number of amides is 1. The van der Waals surface area contributed by atoms with E-state index in [4.69, 9.17) is 10.9 Å². The van der Waals surface area contributed by atoms with Gasteiger partial charge < -0.3 is 21.0 Å². The van der Waals surface area contributed by atoms with Crippen LogP contribution in [0.15, 0.2) is 5.16 Å². The van der Waals surface area contributed by atoms with E-state index in [1.54, 1.807) is 0 Å². The average molecular weight is 251 g/mol. The van der Waals surface area contributed by atoms with Gasteiger partial charge in [0.1, 0.15) is 12.0 Å². The van der Waals surface area contributed by atoms with Crippen molar-refractivity contribution in [3.63, 3.8) is 0 Å². The first-order valence-electron chi connectivity index (χ1n) is 5.15. The van der Waals surface area contributed by atoms with E-state index in [0.717, 1.165) is 0 Å². The van der Waals surface area contributed by atoms with Gasteiger partial charge in [-0.05, 0) is 12.8 Å². The van der Waals surface area contributed by atoms with Crippen LogP contribution in [0.2, 0.25) is 0 Å². The zero-order valence-corrected chi connectivity index (χ0v) is 9.16. The van der Waals surface area contributed by atoms with Gasteiger partial charge in [0.2, 0.25) is 5.91 Å². The Morgan fingerprint density at radius 2 is 2.24 bits per heavy atom. The molecule has 0 unspecified atom stereocenters. The third-order valence-electron chi connectivity index (χ3n) is 2.56. The number of ether oxygens (including phenoxy) is 1. The van der Waals surface area contributed by atoms with Gasteiger partial charge in [0, 0.05) is 6.54 Å². The normalized spacial score (nSPS) is 18.2. The summed E-state index contributed by atoms with van der Waals surface area (Å²) in [6.07, 6.45) is -1.48. The Morgan fingerprint density at radius 3 is 2.71 bits per heavy atom. The maximum atomic E-state index is 11.7. The Morgan fingerprint density at radius 1 is 1.59 bits per heavy atom. The molecule has 1 aliphatic rings. The van der Waals surface area contributed by atoms with Crippen molar-refractivity contribution in [2.75, 3.05) is 19.8 Å². The van der Waals surface area contributed by atoms with E-state index in [1.807, 2.05) is 0 Å². The molecular formula is C9H15F2N3O3. The van der Waals surface area contributed by atoms with Gasteiger partial charge in [0.25, 0.3) is 6.43 Å². The molecule has 0 spiro atoms. The van der Waals surface area contributed by atoms with Crippen molar-refractivity contribution >= 4 is 11.7 Å². The molecule has 1 amide bonds. The highest BCUT2D eigenvalue weighted by Gasteiger charge is 2.54. The summed E-state index contributed by atoms with van der Waals surface area (Å²) in [6.45, 7) is -0.532. The van der Waals surface area contributed by atoms with E-state index in [-0.39, 0.29) is 24.9 Å². The Labute approximate surface area is 96.8 Å². The molecule has 0 aromatic heterocycles. The first-order chi connectivity index (χ1) is 8.03. The van der Waals surface area contributed by atoms with E-state index < -0.39 is 18.4 Å². The lowest BCUT2D eigenvalue weighted by atomic mass is 10.1. The molecule has 17 heavy (non-hydrogen) atoms. The Bertz CT molecular complexity index is 306. The van der Waals surface area contributed by atoms with Crippen LogP contribution in [-0.4, -0.2) is 43.1 Å². The Kier molecular flexibility index (Phi) is 4.62. The van der Waals surface area contributed by atoms with Crippen molar-refractivity contribution < 1.29 is 23.5 Å². The second-order valence-electron chi connectivity index (χ2n) is 3.79. The number of rotatable bonds is 7. The zero-order chi connectivity index (χ0) is 12.9. The van der Waals surface area contributed by atoms with Gasteiger partial charge in [-0.2, -0.15) is 0 Å². The standard InChI is InChI=1S/C9H15F2N3O3/c10-6(11)5-17-4-3-13-8(15)9(1-2-9)7(12)14-16/h6,16H,1-5H2,(H2,12,14)(H,13,15). The van der Waals surface area contributed by atoms with Gasteiger partial charge in [-0.1, -0.05) is 5.16 Å². The molecule has 1 saturated carbocycles. The van der Waals surface area contributed by atoms with Gasteiger partial charge >= 0.3 is 0 Å². The van der Waals surface area contributed by atoms with Crippen LogP contribution < -0.4 is 11.1 Å². The fourth-order valence-electron chi connectivity index (χ4n) is 1.40. The number of hydrogen-bond donors (Lipinski definition) is 3. The van der Waals surface area contributed by atoms with Crippen molar-refractivity contribution in [3.8, 4) is 0 Å². The summed E-state index contributed by atoms with van der Waals surface area (Å²) in [6, 6.07) is 0. The minimum absolute atomic E-state index is 0.00231. The first kappa shape index (κ1) is 13.6. The molecule has 98 valence electrons. The molecule has 0 atom stereocenters. The number of amidine groups is 1. The van der Waals surface area contributed by atoms with Crippen molar-refractivity contribution in [1.82, 2.24) is 5.32 Å². The fraction of sp³-hybridized carbons (Fsp3) is 0.778. The Balaban J connectivity index is 2.22. The zero-order valence-electron chi connectivity index (χ0n) is 9.16. The summed E-state index contributed by atoms with van der Waals surface area (Å²) < 4.78 is 28.0. The fourth-order valence-corrected chi connectivity index (χ4v) is 1.40. The molecule has 1 fully saturated rings. The van der Waals surface area contributed by atoms with E-state index >= 15 is 0 Å². The van der Waals surface area contributed by atoms with Gasteiger partial charge in [-0.3, -0.25) is 4.79 Å². The highest BCUT2D eigenvalue weighted by molar-refractivity contribution is 6.09. The van der Waals surface area contributed by atoms with Crippen LogP contribution in [0.3, 0.4) is 0 Å². The third kappa shape index (κ3) is 3.52. The summed E-state index contributed by atoms with van der Waals surface area (Å²) in [5.41, 5.74) is 4.47. The van der Waals surface area contributed by atoms with Gasteiger partial charge in [-0.15, -0.1) is 0 Å². The number of nitrogens with one attached hydrogen (secondary N) is 1. The summed E-state index contributed by atoms with van der Waals surface area (Å²) >= 11 is 0. The van der Waals surface area contributed by atoms with E-state index in [1.165, 1.54) is 0 Å². The summed E-state index contributed by atoms with van der Waals surface area (Å²) in [4.78, 5) is 11.6. The van der Waals surface area contributed by atoms with Crippen LogP contribution in [0.4, 0.5) is 8.78 Å². The minimum atomic E-state index is -2.52. The molecular weight excluding hydrogens is 236 g/mol. The second-order valence-corrected chi connectivity index (χ2v) is 3.79. The van der Waals surface area contributed by atoms with E-state index in [9.17, 15) is 13.6 Å². The summed E-state index contributed by atoms with van der Waals surface area (Å²) in [5, 5.41) is 13.8. The van der Waals surface area contributed by atoms with E-state index in [2.05, 4.69) is 15.2 Å². The molecule has 0 heterocycles. The predicted octanol–water partition coefficient (Wildman–Crippen LogP) is -0.0891. The Hall–Kier alpha value is -1.44. The highest BCUT2D eigenvalue weighted by Crippen LogP contribution is 2.45. The van der Waals surface area contributed by atoms with Crippen LogP contribution >= 0.6 is 0 Å². The lowest BCUT2D eigenvalue weighted by Crippen LogP contribution is -2.41. The number of carbonyl (C=O) groups is 1. The molecule has 6 nitrogen and oxygen atoms in total. The van der Waals surface area contributed by atoms with Gasteiger partial charge in [0.15, 0.2) is 5.84 Å². The minimum Gasteiger partial charge on any atom is -0.409 e. The predicted molar refractivity (Wildman–Crippen MR) is 54.9 cm³/mol. The molecule has 8 heteroatoms. The van der Waals surface area contributed by atoms with Gasteiger partial charge in [0.05, 0.1) is 6.61 Å². The quantitative estimate of drug-likeness (QED) is 0.194. The largest absolute Gasteiger partial charge is 0.409 e. The molecule has 0 aromatic rings. The van der Waals surface area contributed by atoms with Crippen LogP contribution in [0, 0.1) is 5.41 Å². The monoisotopic (exact) mass is 251 g/mol.